The van der Waals surface area contributed by atoms with Crippen LogP contribution in [-0.2, 0) is 26.2 Å². The van der Waals surface area contributed by atoms with Gasteiger partial charge >= 0.3 is 0 Å². The van der Waals surface area contributed by atoms with Crippen molar-refractivity contribution in [2.75, 3.05) is 23.7 Å². The number of rotatable bonds is 10. The lowest BCUT2D eigenvalue weighted by Gasteiger charge is -2.33. The Morgan fingerprint density at radius 2 is 1.72 bits per heavy atom. The molecule has 0 spiro atoms. The van der Waals surface area contributed by atoms with Gasteiger partial charge in [-0.1, -0.05) is 36.7 Å². The number of anilines is 1. The van der Waals surface area contributed by atoms with E-state index >= 15 is 0 Å². The Morgan fingerprint density at radius 3 is 2.25 bits per heavy atom. The molecule has 7 nitrogen and oxygen atoms in total. The van der Waals surface area contributed by atoms with Gasteiger partial charge in [-0.05, 0) is 49.2 Å². The smallest absolute Gasteiger partial charge is 0.244 e. The third kappa shape index (κ3) is 6.67. The van der Waals surface area contributed by atoms with Gasteiger partial charge in [0.05, 0.1) is 11.9 Å². The van der Waals surface area contributed by atoms with E-state index in [2.05, 4.69) is 5.32 Å². The number of benzene rings is 2. The first-order valence-corrected chi connectivity index (χ1v) is 12.3. The molecule has 0 aliphatic rings. The van der Waals surface area contributed by atoms with Gasteiger partial charge in [0.25, 0.3) is 0 Å². The molecule has 2 aromatic rings. The van der Waals surface area contributed by atoms with Crippen LogP contribution in [0.1, 0.15) is 25.8 Å². The van der Waals surface area contributed by atoms with Gasteiger partial charge in [-0.15, -0.1) is 0 Å². The first-order chi connectivity index (χ1) is 15.1. The average Bonchev–Trinajstić information content (AvgIpc) is 2.73. The normalized spacial score (nSPS) is 12.2. The fourth-order valence-electron chi connectivity index (χ4n) is 3.24. The van der Waals surface area contributed by atoms with Crippen LogP contribution in [0.3, 0.4) is 0 Å². The predicted octanol–water partition coefficient (Wildman–Crippen LogP) is 3.19. The van der Waals surface area contributed by atoms with Gasteiger partial charge in [0, 0.05) is 18.1 Å². The third-order valence-electron chi connectivity index (χ3n) is 4.83. The van der Waals surface area contributed by atoms with E-state index in [4.69, 9.17) is 11.6 Å². The van der Waals surface area contributed by atoms with Gasteiger partial charge in [-0.25, -0.2) is 12.8 Å². The van der Waals surface area contributed by atoms with Crippen molar-refractivity contribution >= 4 is 39.1 Å². The van der Waals surface area contributed by atoms with E-state index in [1.807, 2.05) is 0 Å². The van der Waals surface area contributed by atoms with E-state index in [1.165, 1.54) is 17.0 Å². The van der Waals surface area contributed by atoms with Gasteiger partial charge in [0.2, 0.25) is 21.8 Å². The van der Waals surface area contributed by atoms with E-state index in [-0.39, 0.29) is 18.1 Å². The minimum absolute atomic E-state index is 0.0230. The summed E-state index contributed by atoms with van der Waals surface area (Å²) in [5.74, 6) is -1.46. The number of hydrogen-bond acceptors (Lipinski definition) is 4. The fourth-order valence-corrected chi connectivity index (χ4v) is 4.29. The van der Waals surface area contributed by atoms with Gasteiger partial charge in [0.15, 0.2) is 0 Å². The third-order valence-corrected chi connectivity index (χ3v) is 6.34. The number of nitrogens with one attached hydrogen (secondary N) is 1. The second kappa shape index (κ2) is 11.3. The summed E-state index contributed by atoms with van der Waals surface area (Å²) in [6.07, 6.45) is 1.28. The lowest BCUT2D eigenvalue weighted by molar-refractivity contribution is -0.140. The molecule has 0 bridgehead atoms. The Hall–Kier alpha value is -2.65. The maximum absolute atomic E-state index is 13.4. The maximum atomic E-state index is 13.4. The first kappa shape index (κ1) is 25.6. The topological polar surface area (TPSA) is 86.8 Å². The van der Waals surface area contributed by atoms with Crippen LogP contribution < -0.4 is 9.62 Å². The van der Waals surface area contributed by atoms with Crippen molar-refractivity contribution in [3.63, 3.8) is 0 Å². The van der Waals surface area contributed by atoms with Gasteiger partial charge in [-0.2, -0.15) is 0 Å². The minimum Gasteiger partial charge on any atom is -0.355 e. The van der Waals surface area contributed by atoms with Crippen molar-refractivity contribution in [2.45, 2.75) is 32.9 Å². The standard InChI is InChI=1S/C22H27ClFN3O4S/c1-4-20(22(29)25-5-2)26(14-16-8-6-7-9-19(16)23)21(28)15-27(32(3,30)31)18-12-10-17(24)11-13-18/h6-13,20H,4-5,14-15H2,1-3H3,(H,25,29). The molecule has 1 unspecified atom stereocenters. The monoisotopic (exact) mass is 483 g/mol. The van der Waals surface area contributed by atoms with Crippen molar-refractivity contribution in [3.8, 4) is 0 Å². The second-order valence-corrected chi connectivity index (χ2v) is 9.49. The molecule has 0 radical (unpaired) electrons. The molecule has 174 valence electrons. The van der Waals surface area contributed by atoms with Gasteiger partial charge in [0.1, 0.15) is 18.4 Å². The number of nitrogens with zero attached hydrogens (tertiary/aromatic N) is 2. The molecule has 10 heteroatoms. The van der Waals surface area contributed by atoms with Crippen molar-refractivity contribution in [1.82, 2.24) is 10.2 Å². The van der Waals surface area contributed by atoms with Crippen molar-refractivity contribution in [1.29, 1.82) is 0 Å². The molecule has 0 fully saturated rings. The van der Waals surface area contributed by atoms with Crippen LogP contribution in [0.4, 0.5) is 10.1 Å². The Kier molecular flexibility index (Phi) is 9.03. The Bertz CT molecular complexity index is 1050. The molecule has 0 aromatic heterocycles. The summed E-state index contributed by atoms with van der Waals surface area (Å²) in [5, 5.41) is 3.14. The van der Waals surface area contributed by atoms with Crippen molar-refractivity contribution in [2.24, 2.45) is 0 Å². The summed E-state index contributed by atoms with van der Waals surface area (Å²) in [6.45, 7) is 3.39. The van der Waals surface area contributed by atoms with E-state index in [0.717, 1.165) is 22.7 Å². The van der Waals surface area contributed by atoms with Crippen LogP contribution >= 0.6 is 11.6 Å². The number of halogens is 2. The number of amides is 2. The van der Waals surface area contributed by atoms with E-state index in [0.29, 0.717) is 23.6 Å². The summed E-state index contributed by atoms with van der Waals surface area (Å²) >= 11 is 6.27. The molecule has 0 aliphatic carbocycles. The summed E-state index contributed by atoms with van der Waals surface area (Å²) in [5.41, 5.74) is 0.768. The molecule has 1 atom stereocenters. The van der Waals surface area contributed by atoms with Crippen LogP contribution in [-0.4, -0.2) is 50.5 Å². The number of carbonyl (C=O) groups is 2. The first-order valence-electron chi connectivity index (χ1n) is 10.1. The highest BCUT2D eigenvalue weighted by Crippen LogP contribution is 2.22. The zero-order valence-electron chi connectivity index (χ0n) is 18.2. The summed E-state index contributed by atoms with van der Waals surface area (Å²) in [6, 6.07) is 10.9. The summed E-state index contributed by atoms with van der Waals surface area (Å²) < 4.78 is 39.1. The van der Waals surface area contributed by atoms with Crippen LogP contribution in [0, 0.1) is 5.82 Å². The second-order valence-electron chi connectivity index (χ2n) is 7.18. The van der Waals surface area contributed by atoms with Crippen molar-refractivity contribution < 1.29 is 22.4 Å². The lowest BCUT2D eigenvalue weighted by Crippen LogP contribution is -2.52. The molecule has 2 rings (SSSR count). The van der Waals surface area contributed by atoms with Crippen LogP contribution in [0.2, 0.25) is 5.02 Å². The Labute approximate surface area is 193 Å². The average molecular weight is 484 g/mol. The highest BCUT2D eigenvalue weighted by molar-refractivity contribution is 7.92. The molecule has 2 aromatic carbocycles. The SMILES string of the molecule is CCNC(=O)C(CC)N(Cc1ccccc1Cl)C(=O)CN(c1ccc(F)cc1)S(C)(=O)=O. The van der Waals surface area contributed by atoms with E-state index < -0.39 is 34.3 Å². The van der Waals surface area contributed by atoms with E-state index in [1.54, 1.807) is 38.1 Å². The van der Waals surface area contributed by atoms with Crippen LogP contribution in [0.25, 0.3) is 0 Å². The Morgan fingerprint density at radius 1 is 1.09 bits per heavy atom. The molecule has 2 amide bonds. The zero-order chi connectivity index (χ0) is 23.9. The summed E-state index contributed by atoms with van der Waals surface area (Å²) in [4.78, 5) is 27.4. The Balaban J connectivity index is 2.43. The van der Waals surface area contributed by atoms with Crippen LogP contribution in [0.15, 0.2) is 48.5 Å². The molecule has 1 N–H and O–H groups in total. The quantitative estimate of drug-likeness (QED) is 0.562. The highest BCUT2D eigenvalue weighted by Gasteiger charge is 2.31. The number of hydrogen-bond donors (Lipinski definition) is 1. The zero-order valence-corrected chi connectivity index (χ0v) is 19.8. The molecular formula is C22H27ClFN3O4S. The summed E-state index contributed by atoms with van der Waals surface area (Å²) in [7, 11) is -3.87. The molecule has 0 saturated heterocycles. The number of carbonyl (C=O) groups excluding carboxylic acids is 2. The molecule has 32 heavy (non-hydrogen) atoms. The van der Waals surface area contributed by atoms with Gasteiger partial charge in [-0.3, -0.25) is 13.9 Å². The molecule has 0 saturated carbocycles. The van der Waals surface area contributed by atoms with Crippen molar-refractivity contribution in [3.05, 3.63) is 64.9 Å². The number of likely N-dealkylation sites (N-methyl/N-ethyl adjacent to an activating group) is 1. The van der Waals surface area contributed by atoms with Gasteiger partial charge < -0.3 is 10.2 Å². The van der Waals surface area contributed by atoms with Crippen LogP contribution in [0.5, 0.6) is 0 Å². The van der Waals surface area contributed by atoms with E-state index in [9.17, 15) is 22.4 Å². The minimum atomic E-state index is -3.87. The highest BCUT2D eigenvalue weighted by atomic mass is 35.5. The molecule has 0 aliphatic heterocycles. The fraction of sp³-hybridized carbons (Fsp3) is 0.364. The molecular weight excluding hydrogens is 457 g/mol. The largest absolute Gasteiger partial charge is 0.355 e. The predicted molar refractivity (Wildman–Crippen MR) is 123 cm³/mol. The molecule has 0 heterocycles. The lowest BCUT2D eigenvalue weighted by atomic mass is 10.1. The number of sulfonamides is 1. The maximum Gasteiger partial charge on any atom is 0.244 e.